The lowest BCUT2D eigenvalue weighted by Gasteiger charge is -2.09. The van der Waals surface area contributed by atoms with Crippen molar-refractivity contribution in [1.82, 2.24) is 10.2 Å². The molecule has 1 N–H and O–H groups in total. The van der Waals surface area contributed by atoms with Crippen LogP contribution in [0.25, 0.3) is 0 Å². The van der Waals surface area contributed by atoms with Crippen LogP contribution < -0.4 is 5.32 Å². The van der Waals surface area contributed by atoms with Crippen LogP contribution in [0.4, 0.5) is 0 Å². The molecule has 0 aliphatic rings. The molecule has 0 aromatic carbocycles. The summed E-state index contributed by atoms with van der Waals surface area (Å²) in [7, 11) is 3.57. The Hall–Kier alpha value is -0.830. The van der Waals surface area contributed by atoms with E-state index in [2.05, 4.69) is 11.9 Å². The van der Waals surface area contributed by atoms with Crippen molar-refractivity contribution >= 4 is 5.91 Å². The average Bonchev–Trinajstić information content (AvgIpc) is 2.10. The lowest BCUT2D eigenvalue weighted by atomic mass is 10.3. The van der Waals surface area contributed by atoms with Crippen LogP contribution in [0.5, 0.6) is 0 Å². The molecular formula is C10H20N2O. The zero-order valence-corrected chi connectivity index (χ0v) is 8.68. The fourth-order valence-electron chi connectivity index (χ4n) is 0.917. The molecule has 0 saturated heterocycles. The van der Waals surface area contributed by atoms with Crippen LogP contribution in [-0.2, 0) is 4.79 Å². The molecule has 76 valence electrons. The summed E-state index contributed by atoms with van der Waals surface area (Å²) in [4.78, 5) is 12.7. The number of hydrogen-bond acceptors (Lipinski definition) is 2. The Balaban J connectivity index is 3.16. The highest BCUT2D eigenvalue weighted by Gasteiger charge is 2.01. The summed E-state index contributed by atoms with van der Waals surface area (Å²) in [6, 6.07) is 0. The summed E-state index contributed by atoms with van der Waals surface area (Å²) in [6.07, 6.45) is 4.42. The van der Waals surface area contributed by atoms with E-state index in [-0.39, 0.29) is 5.91 Å². The predicted octanol–water partition coefficient (Wildman–Crippen LogP) is 1.02. The Morgan fingerprint density at radius 2 is 2.15 bits per heavy atom. The van der Waals surface area contributed by atoms with Gasteiger partial charge in [0.15, 0.2) is 0 Å². The Labute approximate surface area is 80.8 Å². The van der Waals surface area contributed by atoms with Crippen molar-refractivity contribution in [1.29, 1.82) is 0 Å². The fourth-order valence-corrected chi connectivity index (χ4v) is 0.917. The van der Waals surface area contributed by atoms with Gasteiger partial charge in [0, 0.05) is 20.5 Å². The van der Waals surface area contributed by atoms with Crippen LogP contribution in [0.3, 0.4) is 0 Å². The Kier molecular flexibility index (Phi) is 7.30. The van der Waals surface area contributed by atoms with Crippen LogP contribution in [-0.4, -0.2) is 38.0 Å². The quantitative estimate of drug-likeness (QED) is 0.473. The number of nitrogens with one attached hydrogen (secondary N) is 1. The first kappa shape index (κ1) is 12.2. The summed E-state index contributed by atoms with van der Waals surface area (Å²) in [5.74, 6) is 0.200. The normalized spacial score (nSPS) is 9.69. The molecule has 0 heterocycles. The average molecular weight is 184 g/mol. The second-order valence-corrected chi connectivity index (χ2v) is 3.22. The van der Waals surface area contributed by atoms with Crippen molar-refractivity contribution < 1.29 is 4.79 Å². The first-order chi connectivity index (χ1) is 6.18. The molecule has 0 rings (SSSR count). The number of carbonyl (C=O) groups excluding carboxylic acids is 1. The Bertz CT molecular complexity index is 155. The molecule has 0 unspecified atom stereocenters. The monoisotopic (exact) mass is 184 g/mol. The van der Waals surface area contributed by atoms with Gasteiger partial charge in [-0.05, 0) is 25.9 Å². The maximum absolute atomic E-state index is 11.1. The zero-order valence-electron chi connectivity index (χ0n) is 8.68. The molecule has 0 aromatic heterocycles. The van der Waals surface area contributed by atoms with E-state index in [1.165, 1.54) is 0 Å². The van der Waals surface area contributed by atoms with E-state index in [4.69, 9.17) is 0 Å². The summed E-state index contributed by atoms with van der Waals surface area (Å²) in [5, 5.41) is 3.24. The number of rotatable bonds is 7. The molecule has 0 fully saturated rings. The van der Waals surface area contributed by atoms with Crippen molar-refractivity contribution in [2.24, 2.45) is 0 Å². The van der Waals surface area contributed by atoms with E-state index in [9.17, 15) is 4.79 Å². The standard InChI is InChI=1S/C10H20N2O/c1-4-5-8-11-9-6-7-10(13)12(2)3/h4,11H,1,5-9H2,2-3H3. The van der Waals surface area contributed by atoms with Gasteiger partial charge in [-0.25, -0.2) is 0 Å². The van der Waals surface area contributed by atoms with Gasteiger partial charge in [0.05, 0.1) is 0 Å². The molecule has 1 amide bonds. The lowest BCUT2D eigenvalue weighted by Crippen LogP contribution is -2.23. The van der Waals surface area contributed by atoms with E-state index in [1.807, 2.05) is 6.08 Å². The minimum atomic E-state index is 0.200. The molecule has 0 aliphatic carbocycles. The van der Waals surface area contributed by atoms with Crippen molar-refractivity contribution in [3.63, 3.8) is 0 Å². The molecular weight excluding hydrogens is 164 g/mol. The second-order valence-electron chi connectivity index (χ2n) is 3.22. The molecule has 0 atom stereocenters. The number of carbonyl (C=O) groups is 1. The Morgan fingerprint density at radius 1 is 1.46 bits per heavy atom. The fraction of sp³-hybridized carbons (Fsp3) is 0.700. The molecule has 0 aromatic rings. The number of nitrogens with zero attached hydrogens (tertiary/aromatic N) is 1. The van der Waals surface area contributed by atoms with Gasteiger partial charge in [-0.2, -0.15) is 0 Å². The molecule has 0 spiro atoms. The highest BCUT2D eigenvalue weighted by molar-refractivity contribution is 5.75. The smallest absolute Gasteiger partial charge is 0.222 e. The van der Waals surface area contributed by atoms with Gasteiger partial charge >= 0.3 is 0 Å². The van der Waals surface area contributed by atoms with Gasteiger partial charge < -0.3 is 10.2 Å². The second kappa shape index (κ2) is 7.80. The van der Waals surface area contributed by atoms with E-state index < -0.39 is 0 Å². The third-order valence-electron chi connectivity index (χ3n) is 1.77. The first-order valence-electron chi connectivity index (χ1n) is 4.70. The molecule has 13 heavy (non-hydrogen) atoms. The highest BCUT2D eigenvalue weighted by Crippen LogP contribution is 1.91. The van der Waals surface area contributed by atoms with Crippen molar-refractivity contribution in [3.05, 3.63) is 12.7 Å². The minimum absolute atomic E-state index is 0.200. The van der Waals surface area contributed by atoms with Gasteiger partial charge in [-0.1, -0.05) is 6.08 Å². The summed E-state index contributed by atoms with van der Waals surface area (Å²) in [6.45, 7) is 5.50. The molecule has 0 bridgehead atoms. The van der Waals surface area contributed by atoms with Crippen LogP contribution in [0.2, 0.25) is 0 Å². The topological polar surface area (TPSA) is 32.3 Å². The molecule has 0 saturated carbocycles. The minimum Gasteiger partial charge on any atom is -0.349 e. The number of hydrogen-bond donors (Lipinski definition) is 1. The van der Waals surface area contributed by atoms with Crippen LogP contribution >= 0.6 is 0 Å². The first-order valence-corrected chi connectivity index (χ1v) is 4.70. The summed E-state index contributed by atoms with van der Waals surface area (Å²) in [5.41, 5.74) is 0. The van der Waals surface area contributed by atoms with Crippen LogP contribution in [0.1, 0.15) is 19.3 Å². The van der Waals surface area contributed by atoms with E-state index in [0.717, 1.165) is 25.9 Å². The molecule has 0 radical (unpaired) electrons. The predicted molar refractivity (Wildman–Crippen MR) is 55.6 cm³/mol. The third kappa shape index (κ3) is 7.53. The van der Waals surface area contributed by atoms with Crippen LogP contribution in [0.15, 0.2) is 12.7 Å². The van der Waals surface area contributed by atoms with Crippen LogP contribution in [0, 0.1) is 0 Å². The maximum atomic E-state index is 11.1. The van der Waals surface area contributed by atoms with Crippen molar-refractivity contribution in [3.8, 4) is 0 Å². The number of amides is 1. The van der Waals surface area contributed by atoms with Gasteiger partial charge in [0.25, 0.3) is 0 Å². The maximum Gasteiger partial charge on any atom is 0.222 e. The summed E-state index contributed by atoms with van der Waals surface area (Å²) >= 11 is 0. The molecule has 3 nitrogen and oxygen atoms in total. The molecule has 3 heteroatoms. The highest BCUT2D eigenvalue weighted by atomic mass is 16.2. The zero-order chi connectivity index (χ0) is 10.1. The van der Waals surface area contributed by atoms with Gasteiger partial charge in [-0.15, -0.1) is 6.58 Å². The largest absolute Gasteiger partial charge is 0.349 e. The summed E-state index contributed by atoms with van der Waals surface area (Å²) < 4.78 is 0. The lowest BCUT2D eigenvalue weighted by molar-refractivity contribution is -0.128. The van der Waals surface area contributed by atoms with E-state index >= 15 is 0 Å². The van der Waals surface area contributed by atoms with Gasteiger partial charge in [-0.3, -0.25) is 4.79 Å². The third-order valence-corrected chi connectivity index (χ3v) is 1.77. The van der Waals surface area contributed by atoms with E-state index in [1.54, 1.807) is 19.0 Å². The van der Waals surface area contributed by atoms with Gasteiger partial charge in [0.1, 0.15) is 0 Å². The SMILES string of the molecule is C=CCCNCCCC(=O)N(C)C. The van der Waals surface area contributed by atoms with Gasteiger partial charge in [0.2, 0.25) is 5.91 Å². The van der Waals surface area contributed by atoms with Crippen molar-refractivity contribution in [2.75, 3.05) is 27.2 Å². The van der Waals surface area contributed by atoms with E-state index in [0.29, 0.717) is 6.42 Å². The van der Waals surface area contributed by atoms with Crippen molar-refractivity contribution in [2.45, 2.75) is 19.3 Å². The Morgan fingerprint density at radius 3 is 2.69 bits per heavy atom. The molecule has 0 aliphatic heterocycles.